The van der Waals surface area contributed by atoms with Crippen molar-refractivity contribution >= 4 is 5.69 Å². The number of halogens is 2. The maximum atomic E-state index is 12.9. The minimum atomic E-state index is -0.534. The van der Waals surface area contributed by atoms with Crippen LogP contribution >= 0.6 is 0 Å². The first kappa shape index (κ1) is 11.3. The van der Waals surface area contributed by atoms with Crippen molar-refractivity contribution < 1.29 is 8.78 Å². The van der Waals surface area contributed by atoms with E-state index in [9.17, 15) is 8.78 Å². The maximum absolute atomic E-state index is 12.9. The highest BCUT2D eigenvalue weighted by molar-refractivity contribution is 5.43. The van der Waals surface area contributed by atoms with Gasteiger partial charge in [-0.15, -0.1) is 0 Å². The minimum absolute atomic E-state index is 0.524. The summed E-state index contributed by atoms with van der Waals surface area (Å²) < 4.78 is 25.8. The summed E-state index contributed by atoms with van der Waals surface area (Å²) in [6.45, 7) is 2.85. The van der Waals surface area contributed by atoms with E-state index >= 15 is 0 Å². The molecule has 0 radical (unpaired) electrons. The Labute approximate surface area is 94.0 Å². The molecular formula is C12H16F2N2. The van der Waals surface area contributed by atoms with Gasteiger partial charge in [-0.3, -0.25) is 0 Å². The number of nitrogens with one attached hydrogen (secondary N) is 2. The molecule has 0 unspecified atom stereocenters. The predicted octanol–water partition coefficient (Wildman–Crippen LogP) is 2.38. The molecule has 2 rings (SSSR count). The van der Waals surface area contributed by atoms with Crippen LogP contribution in [0.25, 0.3) is 0 Å². The fourth-order valence-corrected chi connectivity index (χ4v) is 2.00. The van der Waals surface area contributed by atoms with E-state index in [1.54, 1.807) is 0 Å². The largest absolute Gasteiger partial charge is 0.385 e. The zero-order valence-corrected chi connectivity index (χ0v) is 9.10. The molecule has 1 aromatic rings. The summed E-state index contributed by atoms with van der Waals surface area (Å²) in [5, 5.41) is 6.37. The molecular weight excluding hydrogens is 210 g/mol. The van der Waals surface area contributed by atoms with Crippen LogP contribution in [0.3, 0.4) is 0 Å². The molecule has 1 aromatic carbocycles. The average Bonchev–Trinajstić information content (AvgIpc) is 2.27. The molecule has 1 saturated heterocycles. The highest BCUT2D eigenvalue weighted by Crippen LogP contribution is 2.16. The Balaban J connectivity index is 1.88. The summed E-state index contributed by atoms with van der Waals surface area (Å²) in [4.78, 5) is 0. The molecule has 1 fully saturated rings. The Kier molecular flexibility index (Phi) is 3.72. The highest BCUT2D eigenvalue weighted by atomic mass is 19.1. The van der Waals surface area contributed by atoms with Gasteiger partial charge >= 0.3 is 0 Å². The number of benzene rings is 1. The smallest absolute Gasteiger partial charge is 0.128 e. The van der Waals surface area contributed by atoms with Crippen molar-refractivity contribution in [2.45, 2.75) is 12.8 Å². The second-order valence-electron chi connectivity index (χ2n) is 4.23. The monoisotopic (exact) mass is 226 g/mol. The van der Waals surface area contributed by atoms with Gasteiger partial charge in [0.1, 0.15) is 11.6 Å². The van der Waals surface area contributed by atoms with Crippen LogP contribution in [0.1, 0.15) is 12.8 Å². The molecule has 16 heavy (non-hydrogen) atoms. The van der Waals surface area contributed by atoms with Crippen LogP contribution in [0, 0.1) is 17.6 Å². The lowest BCUT2D eigenvalue weighted by molar-refractivity contribution is 0.390. The Hall–Kier alpha value is -1.16. The summed E-state index contributed by atoms with van der Waals surface area (Å²) in [6, 6.07) is 3.53. The fourth-order valence-electron chi connectivity index (χ4n) is 2.00. The lowest BCUT2D eigenvalue weighted by atomic mass is 9.98. The Morgan fingerprint density at radius 1 is 1.12 bits per heavy atom. The standard InChI is InChI=1S/C12H16F2N2/c13-10-5-11(14)7-12(6-10)16-8-9-1-3-15-4-2-9/h5-7,9,15-16H,1-4,8H2. The molecule has 1 aliphatic heterocycles. The maximum Gasteiger partial charge on any atom is 0.128 e. The van der Waals surface area contributed by atoms with Crippen LogP contribution in [0.2, 0.25) is 0 Å². The minimum Gasteiger partial charge on any atom is -0.385 e. The molecule has 0 aromatic heterocycles. The summed E-state index contributed by atoms with van der Waals surface area (Å²) in [7, 11) is 0. The number of hydrogen-bond donors (Lipinski definition) is 2. The summed E-state index contributed by atoms with van der Waals surface area (Å²) in [5.74, 6) is -0.479. The number of rotatable bonds is 3. The van der Waals surface area contributed by atoms with Gasteiger partial charge in [0.15, 0.2) is 0 Å². The van der Waals surface area contributed by atoms with Gasteiger partial charge in [0.25, 0.3) is 0 Å². The first-order valence-corrected chi connectivity index (χ1v) is 5.65. The van der Waals surface area contributed by atoms with Crippen LogP contribution in [-0.2, 0) is 0 Å². The zero-order valence-electron chi connectivity index (χ0n) is 9.10. The van der Waals surface area contributed by atoms with E-state index < -0.39 is 11.6 Å². The van der Waals surface area contributed by atoms with Crippen LogP contribution in [0.5, 0.6) is 0 Å². The average molecular weight is 226 g/mol. The predicted molar refractivity (Wildman–Crippen MR) is 60.4 cm³/mol. The molecule has 0 saturated carbocycles. The molecule has 2 nitrogen and oxygen atoms in total. The first-order valence-electron chi connectivity index (χ1n) is 5.65. The summed E-state index contributed by atoms with van der Waals surface area (Å²) in [6.07, 6.45) is 2.23. The van der Waals surface area contributed by atoms with Crippen LogP contribution in [-0.4, -0.2) is 19.6 Å². The molecule has 1 aliphatic rings. The van der Waals surface area contributed by atoms with Gasteiger partial charge in [-0.1, -0.05) is 0 Å². The van der Waals surface area contributed by atoms with Crippen LogP contribution in [0.4, 0.5) is 14.5 Å². The van der Waals surface area contributed by atoms with Crippen molar-refractivity contribution in [3.8, 4) is 0 Å². The lowest BCUT2D eigenvalue weighted by Gasteiger charge is -2.23. The van der Waals surface area contributed by atoms with Gasteiger partial charge in [0.05, 0.1) is 0 Å². The van der Waals surface area contributed by atoms with Crippen LogP contribution in [0.15, 0.2) is 18.2 Å². The molecule has 0 atom stereocenters. The molecule has 88 valence electrons. The van der Waals surface area contributed by atoms with Gasteiger partial charge in [-0.2, -0.15) is 0 Å². The first-order chi connectivity index (χ1) is 7.74. The van der Waals surface area contributed by atoms with Crippen molar-refractivity contribution in [3.63, 3.8) is 0 Å². The molecule has 2 N–H and O–H groups in total. The summed E-state index contributed by atoms with van der Waals surface area (Å²) >= 11 is 0. The van der Waals surface area contributed by atoms with Crippen LogP contribution < -0.4 is 10.6 Å². The zero-order chi connectivity index (χ0) is 11.4. The van der Waals surface area contributed by atoms with E-state index in [1.165, 1.54) is 12.1 Å². The second-order valence-corrected chi connectivity index (χ2v) is 4.23. The molecule has 0 spiro atoms. The molecule has 4 heteroatoms. The van der Waals surface area contributed by atoms with E-state index in [-0.39, 0.29) is 0 Å². The quantitative estimate of drug-likeness (QED) is 0.826. The van der Waals surface area contributed by atoms with Gasteiger partial charge in [-0.25, -0.2) is 8.78 Å². The number of anilines is 1. The topological polar surface area (TPSA) is 24.1 Å². The SMILES string of the molecule is Fc1cc(F)cc(NCC2CCNCC2)c1. The van der Waals surface area contributed by atoms with E-state index in [0.717, 1.165) is 38.5 Å². The van der Waals surface area contributed by atoms with E-state index in [4.69, 9.17) is 0 Å². The van der Waals surface area contributed by atoms with Gasteiger partial charge in [-0.05, 0) is 44.0 Å². The van der Waals surface area contributed by atoms with Crippen molar-refractivity contribution in [2.24, 2.45) is 5.92 Å². The highest BCUT2D eigenvalue weighted by Gasteiger charge is 2.12. The second kappa shape index (κ2) is 5.25. The molecule has 0 amide bonds. The van der Waals surface area contributed by atoms with Gasteiger partial charge in [0, 0.05) is 18.3 Å². The third kappa shape index (κ3) is 3.17. The Morgan fingerprint density at radius 3 is 2.38 bits per heavy atom. The molecule has 0 bridgehead atoms. The van der Waals surface area contributed by atoms with Gasteiger partial charge < -0.3 is 10.6 Å². The molecule has 1 heterocycles. The number of hydrogen-bond acceptors (Lipinski definition) is 2. The van der Waals surface area contributed by atoms with Crippen molar-refractivity contribution in [3.05, 3.63) is 29.8 Å². The van der Waals surface area contributed by atoms with E-state index in [0.29, 0.717) is 11.6 Å². The third-order valence-electron chi connectivity index (χ3n) is 2.92. The van der Waals surface area contributed by atoms with E-state index in [1.807, 2.05) is 0 Å². The van der Waals surface area contributed by atoms with Gasteiger partial charge in [0.2, 0.25) is 0 Å². The number of piperidine rings is 1. The molecule has 0 aliphatic carbocycles. The third-order valence-corrected chi connectivity index (χ3v) is 2.92. The fraction of sp³-hybridized carbons (Fsp3) is 0.500. The van der Waals surface area contributed by atoms with Crippen molar-refractivity contribution in [1.82, 2.24) is 5.32 Å². The van der Waals surface area contributed by atoms with Crippen molar-refractivity contribution in [2.75, 3.05) is 25.0 Å². The summed E-state index contributed by atoms with van der Waals surface area (Å²) in [5.41, 5.74) is 0.524. The van der Waals surface area contributed by atoms with E-state index in [2.05, 4.69) is 10.6 Å². The Morgan fingerprint density at radius 2 is 1.75 bits per heavy atom. The lowest BCUT2D eigenvalue weighted by Crippen LogP contribution is -2.31. The normalized spacial score (nSPS) is 17.4. The Bertz CT molecular complexity index is 329. The van der Waals surface area contributed by atoms with Crippen molar-refractivity contribution in [1.29, 1.82) is 0 Å².